The van der Waals surface area contributed by atoms with Gasteiger partial charge in [0.25, 0.3) is 0 Å². The third-order valence-corrected chi connectivity index (χ3v) is 2.22. The predicted octanol–water partition coefficient (Wildman–Crippen LogP) is -0.617. The number of hydrogen-bond donors (Lipinski definition) is 3. The number of hydrogen-bond acceptors (Lipinski definition) is 4. The summed E-state index contributed by atoms with van der Waals surface area (Å²) in [5, 5.41) is 5.30. The smallest absolute Gasteiger partial charge is 0.236 e. The molecule has 0 bridgehead atoms. The topological polar surface area (TPSA) is 93.5 Å². The molecule has 6 nitrogen and oxygen atoms in total. The number of carbonyl (C=O) groups excluding carboxylic acids is 2. The van der Waals surface area contributed by atoms with E-state index in [1.54, 1.807) is 7.11 Å². The maximum Gasteiger partial charge on any atom is 0.236 e. The maximum atomic E-state index is 11.4. The van der Waals surface area contributed by atoms with Crippen LogP contribution in [0.5, 0.6) is 0 Å². The Morgan fingerprint density at radius 3 is 2.59 bits per heavy atom. The van der Waals surface area contributed by atoms with E-state index in [1.165, 1.54) is 0 Å². The minimum absolute atomic E-state index is 0.105. The molecule has 6 heteroatoms. The van der Waals surface area contributed by atoms with E-state index in [-0.39, 0.29) is 18.2 Å². The highest BCUT2D eigenvalue weighted by molar-refractivity contribution is 5.82. The van der Waals surface area contributed by atoms with Crippen LogP contribution in [0.3, 0.4) is 0 Å². The van der Waals surface area contributed by atoms with Crippen molar-refractivity contribution < 1.29 is 14.3 Å². The van der Waals surface area contributed by atoms with Crippen LogP contribution in [-0.4, -0.2) is 44.7 Å². The summed E-state index contributed by atoms with van der Waals surface area (Å²) in [6.07, 6.45) is 1.78. The summed E-state index contributed by atoms with van der Waals surface area (Å²) in [5.74, 6) is -0.303. The largest absolute Gasteiger partial charge is 0.383 e. The van der Waals surface area contributed by atoms with Gasteiger partial charge in [-0.15, -0.1) is 0 Å². The monoisotopic (exact) mass is 245 g/mol. The molecule has 0 saturated heterocycles. The molecule has 0 fully saturated rings. The Labute approximate surface area is 102 Å². The van der Waals surface area contributed by atoms with Crippen LogP contribution in [0.25, 0.3) is 0 Å². The highest BCUT2D eigenvalue weighted by atomic mass is 16.5. The van der Waals surface area contributed by atoms with Crippen molar-refractivity contribution in [2.24, 2.45) is 5.73 Å². The van der Waals surface area contributed by atoms with Gasteiger partial charge in [-0.1, -0.05) is 13.3 Å². The molecule has 2 amide bonds. The fourth-order valence-corrected chi connectivity index (χ4v) is 1.25. The van der Waals surface area contributed by atoms with Crippen molar-refractivity contribution in [3.8, 4) is 0 Å². The van der Waals surface area contributed by atoms with Gasteiger partial charge in [0, 0.05) is 26.6 Å². The number of ether oxygens (including phenoxy) is 1. The van der Waals surface area contributed by atoms with Crippen LogP contribution >= 0.6 is 0 Å². The fraction of sp³-hybridized carbons (Fsp3) is 0.818. The van der Waals surface area contributed by atoms with Crippen LogP contribution in [0, 0.1) is 0 Å². The minimum atomic E-state index is -0.475. The van der Waals surface area contributed by atoms with Crippen LogP contribution in [0.1, 0.15) is 26.2 Å². The normalized spacial score (nSPS) is 11.9. The third-order valence-electron chi connectivity index (χ3n) is 2.22. The van der Waals surface area contributed by atoms with Crippen LogP contribution in [0.2, 0.25) is 0 Å². The Bertz CT molecular complexity index is 234. The Morgan fingerprint density at radius 2 is 2.00 bits per heavy atom. The molecule has 0 saturated carbocycles. The summed E-state index contributed by atoms with van der Waals surface area (Å²) in [7, 11) is 1.57. The van der Waals surface area contributed by atoms with Gasteiger partial charge in [-0.2, -0.15) is 0 Å². The molecule has 1 atom stereocenters. The average molecular weight is 245 g/mol. The lowest BCUT2D eigenvalue weighted by Crippen LogP contribution is -2.41. The summed E-state index contributed by atoms with van der Waals surface area (Å²) in [6.45, 7) is 3.25. The highest BCUT2D eigenvalue weighted by Gasteiger charge is 2.11. The predicted molar refractivity (Wildman–Crippen MR) is 65.4 cm³/mol. The van der Waals surface area contributed by atoms with Gasteiger partial charge in [0.05, 0.1) is 12.6 Å². The number of rotatable bonds is 9. The number of carbonyl (C=O) groups is 2. The number of nitrogens with two attached hydrogens (primary N) is 1. The van der Waals surface area contributed by atoms with E-state index >= 15 is 0 Å². The molecule has 0 aliphatic rings. The Hall–Kier alpha value is -1.14. The summed E-state index contributed by atoms with van der Waals surface area (Å²) in [6, 6.07) is -0.475. The van der Waals surface area contributed by atoms with E-state index in [9.17, 15) is 9.59 Å². The van der Waals surface area contributed by atoms with E-state index in [4.69, 9.17) is 10.5 Å². The Kier molecular flexibility index (Phi) is 9.37. The first-order valence-electron chi connectivity index (χ1n) is 5.90. The summed E-state index contributed by atoms with van der Waals surface area (Å²) >= 11 is 0. The van der Waals surface area contributed by atoms with Crippen molar-refractivity contribution in [1.82, 2.24) is 10.6 Å². The number of methoxy groups -OCH3 is 1. The van der Waals surface area contributed by atoms with Gasteiger partial charge in [0.2, 0.25) is 11.8 Å². The van der Waals surface area contributed by atoms with Crippen LogP contribution in [0.15, 0.2) is 0 Å². The van der Waals surface area contributed by atoms with Gasteiger partial charge in [-0.3, -0.25) is 9.59 Å². The second kappa shape index (κ2) is 10.0. The standard InChI is InChI=1S/C11H23N3O3/c1-3-4-9(12)11(16)14-6-5-10(15)13-7-8-17-2/h9H,3-8,12H2,1-2H3,(H,13,15)(H,14,16)/t9-/m1/s1. The molecule has 0 aromatic carbocycles. The third kappa shape index (κ3) is 8.65. The zero-order valence-corrected chi connectivity index (χ0v) is 10.6. The van der Waals surface area contributed by atoms with Crippen molar-refractivity contribution in [3.05, 3.63) is 0 Å². The molecular weight excluding hydrogens is 222 g/mol. The molecule has 4 N–H and O–H groups in total. The first kappa shape index (κ1) is 15.9. The molecule has 0 aliphatic carbocycles. The summed E-state index contributed by atoms with van der Waals surface area (Å²) < 4.78 is 4.79. The van der Waals surface area contributed by atoms with E-state index in [1.807, 2.05) is 6.92 Å². The zero-order valence-electron chi connectivity index (χ0n) is 10.6. The molecule has 0 aromatic rings. The average Bonchev–Trinajstić information content (AvgIpc) is 2.29. The zero-order chi connectivity index (χ0) is 13.1. The molecule has 0 rings (SSSR count). The van der Waals surface area contributed by atoms with Gasteiger partial charge < -0.3 is 21.1 Å². The minimum Gasteiger partial charge on any atom is -0.383 e. The second-order valence-corrected chi connectivity index (χ2v) is 3.78. The molecule has 0 aromatic heterocycles. The van der Waals surface area contributed by atoms with Gasteiger partial charge in [-0.25, -0.2) is 0 Å². The lowest BCUT2D eigenvalue weighted by atomic mass is 10.1. The molecule has 0 heterocycles. The lowest BCUT2D eigenvalue weighted by molar-refractivity contribution is -0.123. The Balaban J connectivity index is 3.55. The quantitative estimate of drug-likeness (QED) is 0.472. The highest BCUT2D eigenvalue weighted by Crippen LogP contribution is 1.92. The summed E-state index contributed by atoms with van der Waals surface area (Å²) in [5.41, 5.74) is 5.61. The second-order valence-electron chi connectivity index (χ2n) is 3.78. The van der Waals surface area contributed by atoms with E-state index in [0.717, 1.165) is 6.42 Å². The first-order chi connectivity index (χ1) is 8.11. The van der Waals surface area contributed by atoms with Crippen LogP contribution in [0.4, 0.5) is 0 Å². The van der Waals surface area contributed by atoms with Crippen molar-refractivity contribution in [3.63, 3.8) is 0 Å². The molecule has 0 aliphatic heterocycles. The molecule has 0 spiro atoms. The van der Waals surface area contributed by atoms with E-state index in [2.05, 4.69) is 10.6 Å². The SMILES string of the molecule is CCC[C@@H](N)C(=O)NCCC(=O)NCCOC. The van der Waals surface area contributed by atoms with Gasteiger partial charge >= 0.3 is 0 Å². The number of nitrogens with one attached hydrogen (secondary N) is 2. The van der Waals surface area contributed by atoms with Crippen LogP contribution < -0.4 is 16.4 Å². The Morgan fingerprint density at radius 1 is 1.29 bits per heavy atom. The summed E-state index contributed by atoms with van der Waals surface area (Å²) in [4.78, 5) is 22.6. The fourth-order valence-electron chi connectivity index (χ4n) is 1.25. The van der Waals surface area contributed by atoms with Gasteiger partial charge in [0.1, 0.15) is 0 Å². The molecule has 0 radical (unpaired) electrons. The van der Waals surface area contributed by atoms with Crippen molar-refractivity contribution in [2.75, 3.05) is 26.8 Å². The van der Waals surface area contributed by atoms with Crippen LogP contribution in [-0.2, 0) is 14.3 Å². The van der Waals surface area contributed by atoms with Crippen molar-refractivity contribution in [2.45, 2.75) is 32.2 Å². The maximum absolute atomic E-state index is 11.4. The molecule has 100 valence electrons. The van der Waals surface area contributed by atoms with Gasteiger partial charge in [0.15, 0.2) is 0 Å². The van der Waals surface area contributed by atoms with Gasteiger partial charge in [-0.05, 0) is 6.42 Å². The molecule has 0 unspecified atom stereocenters. The molecule has 17 heavy (non-hydrogen) atoms. The van der Waals surface area contributed by atoms with E-state index < -0.39 is 6.04 Å². The van der Waals surface area contributed by atoms with E-state index in [0.29, 0.717) is 26.1 Å². The number of amides is 2. The van der Waals surface area contributed by atoms with Crippen molar-refractivity contribution >= 4 is 11.8 Å². The lowest BCUT2D eigenvalue weighted by Gasteiger charge is -2.11. The van der Waals surface area contributed by atoms with Crippen molar-refractivity contribution in [1.29, 1.82) is 0 Å². The first-order valence-corrected chi connectivity index (χ1v) is 5.90. The molecular formula is C11H23N3O3.